The van der Waals surface area contributed by atoms with Crippen LogP contribution in [0.1, 0.15) is 49.5 Å². The first-order valence-corrected chi connectivity index (χ1v) is 10.8. The number of ketones is 1. The quantitative estimate of drug-likeness (QED) is 0.599. The Morgan fingerprint density at radius 2 is 1.47 bits per heavy atom. The maximum Gasteiger partial charge on any atom is 0.253 e. The average molecular weight is 448 g/mol. The predicted octanol–water partition coefficient (Wildman–Crippen LogP) is 4.00. The van der Waals surface area contributed by atoms with Crippen molar-refractivity contribution in [3.63, 3.8) is 0 Å². The van der Waals surface area contributed by atoms with Crippen molar-refractivity contribution in [3.05, 3.63) is 100 Å². The number of carbonyl (C=O) groups is 3. The Balaban J connectivity index is 1.40. The van der Waals surface area contributed by atoms with E-state index < -0.39 is 0 Å². The Bertz CT molecular complexity index is 1120. The van der Waals surface area contributed by atoms with Crippen molar-refractivity contribution in [2.45, 2.75) is 18.9 Å². The van der Waals surface area contributed by atoms with Gasteiger partial charge in [-0.2, -0.15) is 0 Å². The van der Waals surface area contributed by atoms with E-state index in [1.54, 1.807) is 78.0 Å². The lowest BCUT2D eigenvalue weighted by molar-refractivity contribution is 0.0697. The van der Waals surface area contributed by atoms with Crippen molar-refractivity contribution in [3.8, 4) is 0 Å². The molecule has 0 saturated carbocycles. The number of nitrogens with zero attached hydrogens (tertiary/aromatic N) is 2. The number of piperidine rings is 1. The zero-order valence-corrected chi connectivity index (χ0v) is 18.1. The molecule has 0 spiro atoms. The van der Waals surface area contributed by atoms with Gasteiger partial charge < -0.3 is 10.2 Å². The van der Waals surface area contributed by atoms with Gasteiger partial charge in [-0.1, -0.05) is 29.8 Å². The molecular formula is C25H22ClN3O3. The maximum absolute atomic E-state index is 13.0. The van der Waals surface area contributed by atoms with Crippen molar-refractivity contribution < 1.29 is 14.4 Å². The fraction of sp³-hybridized carbons (Fsp3) is 0.200. The molecule has 0 aliphatic carbocycles. The molecule has 0 bridgehead atoms. The molecule has 6 nitrogen and oxygen atoms in total. The summed E-state index contributed by atoms with van der Waals surface area (Å²) in [5.74, 6) is -0.553. The normalized spacial score (nSPS) is 14.1. The van der Waals surface area contributed by atoms with Gasteiger partial charge in [-0.15, -0.1) is 0 Å². The number of halogens is 1. The summed E-state index contributed by atoms with van der Waals surface area (Å²) in [6.45, 7) is 1.11. The Labute approximate surface area is 191 Å². The van der Waals surface area contributed by atoms with Crippen molar-refractivity contribution in [1.82, 2.24) is 15.2 Å². The molecule has 0 radical (unpaired) electrons. The summed E-state index contributed by atoms with van der Waals surface area (Å²) in [5.41, 5.74) is 1.76. The topological polar surface area (TPSA) is 79.4 Å². The molecule has 1 N–H and O–H groups in total. The highest BCUT2D eigenvalue weighted by Gasteiger charge is 2.26. The standard InChI is InChI=1S/C25H22ClN3O3/c26-19-7-5-17(6-8-19)23(30)21-3-1-2-4-22(21)24(31)28-20-11-15-29(16-12-20)25(32)18-9-13-27-14-10-18/h1-10,13-14,20H,11-12,15-16H2,(H,28,31). The summed E-state index contributed by atoms with van der Waals surface area (Å²) in [7, 11) is 0. The second-order valence-corrected chi connectivity index (χ2v) is 8.09. The second kappa shape index (κ2) is 9.75. The first-order valence-electron chi connectivity index (χ1n) is 10.4. The summed E-state index contributed by atoms with van der Waals surface area (Å²) in [5, 5.41) is 3.57. The molecular weight excluding hydrogens is 426 g/mol. The summed E-state index contributed by atoms with van der Waals surface area (Å²) >= 11 is 5.91. The van der Waals surface area contributed by atoms with Gasteiger partial charge in [0, 0.05) is 53.2 Å². The van der Waals surface area contributed by atoms with Crippen LogP contribution in [0.25, 0.3) is 0 Å². The second-order valence-electron chi connectivity index (χ2n) is 7.66. The van der Waals surface area contributed by atoms with E-state index in [4.69, 9.17) is 11.6 Å². The molecule has 0 unspecified atom stereocenters. The van der Waals surface area contributed by atoms with Gasteiger partial charge >= 0.3 is 0 Å². The smallest absolute Gasteiger partial charge is 0.253 e. The van der Waals surface area contributed by atoms with Crippen LogP contribution in [0.2, 0.25) is 5.02 Å². The van der Waals surface area contributed by atoms with E-state index in [0.29, 0.717) is 53.2 Å². The molecule has 2 heterocycles. The Morgan fingerprint density at radius 3 is 2.12 bits per heavy atom. The van der Waals surface area contributed by atoms with Crippen molar-refractivity contribution >= 4 is 29.2 Å². The third kappa shape index (κ3) is 4.86. The fourth-order valence-electron chi connectivity index (χ4n) is 3.80. The first-order chi connectivity index (χ1) is 15.5. The highest BCUT2D eigenvalue weighted by Crippen LogP contribution is 2.19. The largest absolute Gasteiger partial charge is 0.349 e. The lowest BCUT2D eigenvalue weighted by atomic mass is 9.97. The van der Waals surface area contributed by atoms with Gasteiger partial charge in [0.1, 0.15) is 0 Å². The van der Waals surface area contributed by atoms with Crippen molar-refractivity contribution in [1.29, 1.82) is 0 Å². The number of hydrogen-bond acceptors (Lipinski definition) is 4. The minimum absolute atomic E-state index is 0.0314. The maximum atomic E-state index is 13.0. The van der Waals surface area contributed by atoms with Crippen LogP contribution >= 0.6 is 11.6 Å². The van der Waals surface area contributed by atoms with E-state index in [0.717, 1.165) is 0 Å². The van der Waals surface area contributed by atoms with Gasteiger partial charge in [-0.3, -0.25) is 19.4 Å². The van der Waals surface area contributed by atoms with E-state index in [-0.39, 0.29) is 23.6 Å². The van der Waals surface area contributed by atoms with Crippen LogP contribution < -0.4 is 5.32 Å². The van der Waals surface area contributed by atoms with Crippen LogP contribution in [0.3, 0.4) is 0 Å². The minimum Gasteiger partial charge on any atom is -0.349 e. The summed E-state index contributed by atoms with van der Waals surface area (Å²) in [4.78, 5) is 44.3. The molecule has 1 aromatic heterocycles. The lowest BCUT2D eigenvalue weighted by Gasteiger charge is -2.32. The zero-order chi connectivity index (χ0) is 22.5. The number of nitrogens with one attached hydrogen (secondary N) is 1. The number of amides is 2. The SMILES string of the molecule is O=C(NC1CCN(C(=O)c2ccncc2)CC1)c1ccccc1C(=O)c1ccc(Cl)cc1. The predicted molar refractivity (Wildman–Crippen MR) is 122 cm³/mol. The zero-order valence-electron chi connectivity index (χ0n) is 17.3. The van der Waals surface area contributed by atoms with Crippen LogP contribution in [-0.2, 0) is 0 Å². The highest BCUT2D eigenvalue weighted by molar-refractivity contribution is 6.30. The summed E-state index contributed by atoms with van der Waals surface area (Å²) < 4.78 is 0. The first kappa shape index (κ1) is 21.7. The van der Waals surface area contributed by atoms with E-state index in [2.05, 4.69) is 10.3 Å². The molecule has 7 heteroatoms. The van der Waals surface area contributed by atoms with Gasteiger partial charge in [0.05, 0.1) is 5.56 Å². The Morgan fingerprint density at radius 1 is 0.844 bits per heavy atom. The summed E-state index contributed by atoms with van der Waals surface area (Å²) in [6, 6.07) is 16.7. The van der Waals surface area contributed by atoms with E-state index in [1.165, 1.54) is 0 Å². The van der Waals surface area contributed by atoms with Crippen LogP contribution in [0.15, 0.2) is 73.1 Å². The van der Waals surface area contributed by atoms with Gasteiger partial charge in [0.2, 0.25) is 0 Å². The number of carbonyl (C=O) groups excluding carboxylic acids is 3. The minimum atomic E-state index is -0.290. The Hall–Kier alpha value is -3.51. The Kier molecular flexibility index (Phi) is 6.61. The molecule has 1 aliphatic rings. The lowest BCUT2D eigenvalue weighted by Crippen LogP contribution is -2.46. The van der Waals surface area contributed by atoms with Crippen LogP contribution in [-0.4, -0.2) is 46.6 Å². The average Bonchev–Trinajstić information content (AvgIpc) is 2.84. The van der Waals surface area contributed by atoms with Crippen molar-refractivity contribution in [2.24, 2.45) is 0 Å². The molecule has 32 heavy (non-hydrogen) atoms. The van der Waals surface area contributed by atoms with E-state index in [9.17, 15) is 14.4 Å². The van der Waals surface area contributed by atoms with Gasteiger partial charge in [0.25, 0.3) is 11.8 Å². The third-order valence-electron chi connectivity index (χ3n) is 5.57. The molecule has 2 amide bonds. The number of rotatable bonds is 5. The number of likely N-dealkylation sites (tertiary alicyclic amines) is 1. The molecule has 0 atom stereocenters. The number of benzene rings is 2. The highest BCUT2D eigenvalue weighted by atomic mass is 35.5. The monoisotopic (exact) mass is 447 g/mol. The number of aromatic nitrogens is 1. The van der Waals surface area contributed by atoms with E-state index >= 15 is 0 Å². The van der Waals surface area contributed by atoms with Crippen LogP contribution in [0, 0.1) is 0 Å². The van der Waals surface area contributed by atoms with Crippen LogP contribution in [0.5, 0.6) is 0 Å². The van der Waals surface area contributed by atoms with Gasteiger partial charge in [-0.05, 0) is 55.3 Å². The molecule has 1 fully saturated rings. The summed E-state index contributed by atoms with van der Waals surface area (Å²) in [6.07, 6.45) is 4.50. The number of hydrogen-bond donors (Lipinski definition) is 1. The number of pyridine rings is 1. The van der Waals surface area contributed by atoms with Gasteiger partial charge in [0.15, 0.2) is 5.78 Å². The molecule has 3 aromatic rings. The molecule has 1 saturated heterocycles. The fourth-order valence-corrected chi connectivity index (χ4v) is 3.93. The molecule has 1 aliphatic heterocycles. The van der Waals surface area contributed by atoms with E-state index in [1.807, 2.05) is 0 Å². The van der Waals surface area contributed by atoms with Crippen LogP contribution in [0.4, 0.5) is 0 Å². The van der Waals surface area contributed by atoms with Crippen molar-refractivity contribution in [2.75, 3.05) is 13.1 Å². The molecule has 162 valence electrons. The van der Waals surface area contributed by atoms with Gasteiger partial charge in [-0.25, -0.2) is 0 Å². The molecule has 2 aromatic carbocycles. The third-order valence-corrected chi connectivity index (χ3v) is 5.82. The molecule has 4 rings (SSSR count).